The number of benzene rings is 1. The molecule has 0 atom stereocenters. The zero-order valence-electron chi connectivity index (χ0n) is 9.09. The molecule has 0 bridgehead atoms. The van der Waals surface area contributed by atoms with E-state index in [9.17, 15) is 5.11 Å². The first-order valence-electron chi connectivity index (χ1n) is 5.67. The molecule has 15 heavy (non-hydrogen) atoms. The van der Waals surface area contributed by atoms with Gasteiger partial charge in [-0.2, -0.15) is 0 Å². The SMILES string of the molecule is Cc1cc(Cl)c(O)c(C2CCCCC2)c1. The summed E-state index contributed by atoms with van der Waals surface area (Å²) in [6, 6.07) is 3.90. The maximum atomic E-state index is 9.94. The third-order valence-electron chi connectivity index (χ3n) is 3.28. The molecule has 1 N–H and O–H groups in total. The maximum absolute atomic E-state index is 9.94. The first kappa shape index (κ1) is 10.8. The van der Waals surface area contributed by atoms with Crippen LogP contribution in [0.4, 0.5) is 0 Å². The van der Waals surface area contributed by atoms with Gasteiger partial charge in [0.15, 0.2) is 0 Å². The molecule has 82 valence electrons. The van der Waals surface area contributed by atoms with E-state index >= 15 is 0 Å². The normalized spacial score (nSPS) is 18.0. The molecule has 1 nitrogen and oxygen atoms in total. The molecule has 1 aliphatic rings. The van der Waals surface area contributed by atoms with Crippen molar-refractivity contribution in [2.75, 3.05) is 0 Å². The lowest BCUT2D eigenvalue weighted by Crippen LogP contribution is -2.05. The Labute approximate surface area is 96.1 Å². The van der Waals surface area contributed by atoms with Crippen LogP contribution in [0, 0.1) is 6.92 Å². The van der Waals surface area contributed by atoms with Gasteiger partial charge >= 0.3 is 0 Å². The minimum Gasteiger partial charge on any atom is -0.506 e. The maximum Gasteiger partial charge on any atom is 0.137 e. The Morgan fingerprint density at radius 3 is 2.53 bits per heavy atom. The van der Waals surface area contributed by atoms with E-state index in [4.69, 9.17) is 11.6 Å². The number of halogens is 1. The lowest BCUT2D eigenvalue weighted by Gasteiger charge is -2.23. The third-order valence-corrected chi connectivity index (χ3v) is 3.57. The highest BCUT2D eigenvalue weighted by atomic mass is 35.5. The van der Waals surface area contributed by atoms with Crippen LogP contribution in [0.2, 0.25) is 5.02 Å². The number of phenols is 1. The molecule has 1 aromatic rings. The summed E-state index contributed by atoms with van der Waals surface area (Å²) in [7, 11) is 0. The van der Waals surface area contributed by atoms with E-state index in [0.717, 1.165) is 11.1 Å². The minimum atomic E-state index is 0.300. The zero-order chi connectivity index (χ0) is 10.8. The van der Waals surface area contributed by atoms with E-state index in [-0.39, 0.29) is 0 Å². The lowest BCUT2D eigenvalue weighted by molar-refractivity contribution is 0.414. The van der Waals surface area contributed by atoms with Crippen molar-refractivity contribution in [2.45, 2.75) is 44.9 Å². The first-order chi connectivity index (χ1) is 7.18. The minimum absolute atomic E-state index is 0.300. The highest BCUT2D eigenvalue weighted by Crippen LogP contribution is 2.40. The molecular formula is C13H17ClO. The van der Waals surface area contributed by atoms with Crippen LogP contribution in [-0.2, 0) is 0 Å². The summed E-state index contributed by atoms with van der Waals surface area (Å²) < 4.78 is 0. The molecule has 0 unspecified atom stereocenters. The van der Waals surface area contributed by atoms with Gasteiger partial charge in [0.1, 0.15) is 5.75 Å². The number of rotatable bonds is 1. The summed E-state index contributed by atoms with van der Waals surface area (Å²) in [6.07, 6.45) is 6.25. The van der Waals surface area contributed by atoms with Gasteiger partial charge in [0.2, 0.25) is 0 Å². The van der Waals surface area contributed by atoms with Gasteiger partial charge in [0.05, 0.1) is 5.02 Å². The highest BCUT2D eigenvalue weighted by Gasteiger charge is 2.20. The average molecular weight is 225 g/mol. The molecule has 1 aliphatic carbocycles. The molecule has 0 aliphatic heterocycles. The van der Waals surface area contributed by atoms with Gasteiger partial charge in [-0.15, -0.1) is 0 Å². The highest BCUT2D eigenvalue weighted by molar-refractivity contribution is 6.32. The van der Waals surface area contributed by atoms with Gasteiger partial charge in [-0.05, 0) is 42.9 Å². The van der Waals surface area contributed by atoms with Crippen LogP contribution >= 0.6 is 11.6 Å². The summed E-state index contributed by atoms with van der Waals surface area (Å²) in [4.78, 5) is 0. The Balaban J connectivity index is 2.33. The van der Waals surface area contributed by atoms with Gasteiger partial charge in [0, 0.05) is 0 Å². The average Bonchev–Trinajstić information content (AvgIpc) is 2.24. The van der Waals surface area contributed by atoms with E-state index in [2.05, 4.69) is 6.07 Å². The molecule has 1 aromatic carbocycles. The predicted octanol–water partition coefficient (Wildman–Crippen LogP) is 4.40. The third kappa shape index (κ3) is 2.28. The smallest absolute Gasteiger partial charge is 0.137 e. The number of hydrogen-bond donors (Lipinski definition) is 1. The Bertz CT molecular complexity index is 354. The second kappa shape index (κ2) is 4.44. The second-order valence-corrected chi connectivity index (χ2v) is 4.93. The first-order valence-corrected chi connectivity index (χ1v) is 6.05. The van der Waals surface area contributed by atoms with Gasteiger partial charge < -0.3 is 5.11 Å². The van der Waals surface area contributed by atoms with Crippen molar-refractivity contribution in [3.8, 4) is 5.75 Å². The fraction of sp³-hybridized carbons (Fsp3) is 0.538. The van der Waals surface area contributed by atoms with Crippen LogP contribution in [0.5, 0.6) is 5.75 Å². The van der Waals surface area contributed by atoms with Crippen molar-refractivity contribution >= 4 is 11.6 Å². The van der Waals surface area contributed by atoms with E-state index in [0.29, 0.717) is 16.7 Å². The van der Waals surface area contributed by atoms with Crippen molar-refractivity contribution in [1.29, 1.82) is 0 Å². The lowest BCUT2D eigenvalue weighted by atomic mass is 9.83. The molecule has 2 rings (SSSR count). The van der Waals surface area contributed by atoms with Crippen molar-refractivity contribution < 1.29 is 5.11 Å². The molecular weight excluding hydrogens is 208 g/mol. The van der Waals surface area contributed by atoms with Crippen LogP contribution in [-0.4, -0.2) is 5.11 Å². The van der Waals surface area contributed by atoms with Crippen LogP contribution < -0.4 is 0 Å². The van der Waals surface area contributed by atoms with Crippen molar-refractivity contribution in [2.24, 2.45) is 0 Å². The molecule has 1 fully saturated rings. The van der Waals surface area contributed by atoms with Crippen LogP contribution in [0.1, 0.15) is 49.1 Å². The van der Waals surface area contributed by atoms with Crippen molar-refractivity contribution in [3.63, 3.8) is 0 Å². The molecule has 0 spiro atoms. The number of aryl methyl sites for hydroxylation is 1. The number of aromatic hydroxyl groups is 1. The van der Waals surface area contributed by atoms with E-state index < -0.39 is 0 Å². The topological polar surface area (TPSA) is 20.2 Å². The fourth-order valence-electron chi connectivity index (χ4n) is 2.49. The van der Waals surface area contributed by atoms with Gasteiger partial charge in [-0.1, -0.05) is 36.9 Å². The Morgan fingerprint density at radius 2 is 1.87 bits per heavy atom. The van der Waals surface area contributed by atoms with Crippen LogP contribution in [0.25, 0.3) is 0 Å². The van der Waals surface area contributed by atoms with Crippen LogP contribution in [0.15, 0.2) is 12.1 Å². The largest absolute Gasteiger partial charge is 0.506 e. The Morgan fingerprint density at radius 1 is 1.20 bits per heavy atom. The summed E-state index contributed by atoms with van der Waals surface area (Å²) in [5, 5.41) is 10.4. The number of hydrogen-bond acceptors (Lipinski definition) is 1. The Kier molecular flexibility index (Phi) is 3.20. The van der Waals surface area contributed by atoms with E-state index in [1.807, 2.05) is 13.0 Å². The van der Waals surface area contributed by atoms with Crippen molar-refractivity contribution in [1.82, 2.24) is 0 Å². The quantitative estimate of drug-likeness (QED) is 0.750. The summed E-state index contributed by atoms with van der Waals surface area (Å²) in [6.45, 7) is 2.03. The summed E-state index contributed by atoms with van der Waals surface area (Å²) in [5.74, 6) is 0.810. The van der Waals surface area contributed by atoms with E-state index in [1.165, 1.54) is 32.1 Å². The van der Waals surface area contributed by atoms with Gasteiger partial charge in [-0.25, -0.2) is 0 Å². The molecule has 0 aromatic heterocycles. The molecule has 0 saturated heterocycles. The number of phenolic OH excluding ortho intramolecular Hbond substituents is 1. The van der Waals surface area contributed by atoms with Crippen LogP contribution in [0.3, 0.4) is 0 Å². The molecule has 0 radical (unpaired) electrons. The summed E-state index contributed by atoms with van der Waals surface area (Å²) in [5.41, 5.74) is 2.19. The van der Waals surface area contributed by atoms with E-state index in [1.54, 1.807) is 0 Å². The van der Waals surface area contributed by atoms with Gasteiger partial charge in [0.25, 0.3) is 0 Å². The second-order valence-electron chi connectivity index (χ2n) is 4.52. The molecule has 0 amide bonds. The Hall–Kier alpha value is -0.690. The molecule has 1 saturated carbocycles. The molecule has 2 heteroatoms. The standard InChI is InChI=1S/C13H17ClO/c1-9-7-11(13(15)12(14)8-9)10-5-3-2-4-6-10/h7-8,10,15H,2-6H2,1H3. The predicted molar refractivity (Wildman–Crippen MR) is 63.7 cm³/mol. The molecule has 0 heterocycles. The van der Waals surface area contributed by atoms with Crippen molar-refractivity contribution in [3.05, 3.63) is 28.3 Å². The fourth-order valence-corrected chi connectivity index (χ4v) is 2.77. The monoisotopic (exact) mass is 224 g/mol. The summed E-state index contributed by atoms with van der Waals surface area (Å²) >= 11 is 5.99. The zero-order valence-corrected chi connectivity index (χ0v) is 9.85. The van der Waals surface area contributed by atoms with Gasteiger partial charge in [-0.3, -0.25) is 0 Å².